The standard InChI is InChI=1S/C22H23NO4/c1-24-21-8-7-17(15-23-21)20-14-18(13-16-5-2-3-6-19(16)20)25-12-9-22-26-10-4-11-27-22/h2-3,5-8,13-15,22H,4,9-12H2,1H3. The second kappa shape index (κ2) is 8.37. The number of rotatable bonds is 6. The van der Waals surface area contributed by atoms with Crippen molar-refractivity contribution in [1.82, 2.24) is 4.98 Å². The van der Waals surface area contributed by atoms with Gasteiger partial charge in [0.1, 0.15) is 5.75 Å². The molecule has 1 aliphatic heterocycles. The number of methoxy groups -OCH3 is 1. The van der Waals surface area contributed by atoms with Gasteiger partial charge in [0, 0.05) is 24.2 Å². The minimum absolute atomic E-state index is 0.163. The van der Waals surface area contributed by atoms with E-state index in [9.17, 15) is 0 Å². The third kappa shape index (κ3) is 4.21. The molecule has 1 aliphatic rings. The van der Waals surface area contributed by atoms with E-state index in [0.29, 0.717) is 18.9 Å². The fraction of sp³-hybridized carbons (Fsp3) is 0.318. The number of benzene rings is 2. The van der Waals surface area contributed by atoms with E-state index in [-0.39, 0.29) is 6.29 Å². The SMILES string of the molecule is COc1ccc(-c2cc(OCCC3OCCCO3)cc3ccccc23)cn1. The maximum Gasteiger partial charge on any atom is 0.212 e. The van der Waals surface area contributed by atoms with E-state index < -0.39 is 0 Å². The maximum atomic E-state index is 6.02. The number of aromatic nitrogens is 1. The van der Waals surface area contributed by atoms with Crippen LogP contribution >= 0.6 is 0 Å². The fourth-order valence-electron chi connectivity index (χ4n) is 3.24. The molecule has 2 aromatic carbocycles. The van der Waals surface area contributed by atoms with Crippen LogP contribution in [0.15, 0.2) is 54.7 Å². The molecular weight excluding hydrogens is 342 g/mol. The van der Waals surface area contributed by atoms with E-state index in [0.717, 1.165) is 47.3 Å². The van der Waals surface area contributed by atoms with Gasteiger partial charge in [-0.15, -0.1) is 0 Å². The van der Waals surface area contributed by atoms with E-state index in [1.807, 2.05) is 30.5 Å². The number of ether oxygens (including phenoxy) is 4. The molecule has 0 bridgehead atoms. The first-order valence-electron chi connectivity index (χ1n) is 9.23. The summed E-state index contributed by atoms with van der Waals surface area (Å²) in [5, 5.41) is 2.29. The van der Waals surface area contributed by atoms with Crippen LogP contribution in [0.4, 0.5) is 0 Å². The summed E-state index contributed by atoms with van der Waals surface area (Å²) in [6.07, 6.45) is 3.34. The van der Waals surface area contributed by atoms with Gasteiger partial charge in [0.2, 0.25) is 5.88 Å². The lowest BCUT2D eigenvalue weighted by atomic mass is 9.99. The Morgan fingerprint density at radius 1 is 1.07 bits per heavy atom. The second-order valence-electron chi connectivity index (χ2n) is 6.44. The lowest BCUT2D eigenvalue weighted by Crippen LogP contribution is -2.26. The van der Waals surface area contributed by atoms with Gasteiger partial charge in [-0.3, -0.25) is 0 Å². The number of nitrogens with zero attached hydrogens (tertiary/aromatic N) is 1. The van der Waals surface area contributed by atoms with Gasteiger partial charge >= 0.3 is 0 Å². The van der Waals surface area contributed by atoms with E-state index in [4.69, 9.17) is 18.9 Å². The van der Waals surface area contributed by atoms with Gasteiger partial charge in [-0.1, -0.05) is 24.3 Å². The molecule has 0 amide bonds. The summed E-state index contributed by atoms with van der Waals surface area (Å²) in [7, 11) is 1.62. The van der Waals surface area contributed by atoms with Gasteiger partial charge in [-0.2, -0.15) is 0 Å². The molecule has 0 aliphatic carbocycles. The van der Waals surface area contributed by atoms with Gasteiger partial charge in [0.25, 0.3) is 0 Å². The summed E-state index contributed by atoms with van der Waals surface area (Å²) in [4.78, 5) is 4.34. The van der Waals surface area contributed by atoms with Crippen LogP contribution in [0.3, 0.4) is 0 Å². The van der Waals surface area contributed by atoms with Crippen molar-refractivity contribution in [1.29, 1.82) is 0 Å². The smallest absolute Gasteiger partial charge is 0.212 e. The van der Waals surface area contributed by atoms with Gasteiger partial charge in [0.05, 0.1) is 26.9 Å². The van der Waals surface area contributed by atoms with Gasteiger partial charge in [-0.25, -0.2) is 4.98 Å². The summed E-state index contributed by atoms with van der Waals surface area (Å²) >= 11 is 0. The summed E-state index contributed by atoms with van der Waals surface area (Å²) in [6.45, 7) is 2.06. The summed E-state index contributed by atoms with van der Waals surface area (Å²) in [5.41, 5.74) is 2.11. The lowest BCUT2D eigenvalue weighted by molar-refractivity contribution is -0.183. The number of pyridine rings is 1. The molecule has 140 valence electrons. The van der Waals surface area contributed by atoms with Gasteiger partial charge < -0.3 is 18.9 Å². The van der Waals surface area contributed by atoms with E-state index >= 15 is 0 Å². The van der Waals surface area contributed by atoms with E-state index in [1.165, 1.54) is 0 Å². The predicted molar refractivity (Wildman–Crippen MR) is 104 cm³/mol. The quantitative estimate of drug-likeness (QED) is 0.646. The second-order valence-corrected chi connectivity index (χ2v) is 6.44. The highest BCUT2D eigenvalue weighted by Crippen LogP contribution is 2.33. The Kier molecular flexibility index (Phi) is 5.51. The average Bonchev–Trinajstić information content (AvgIpc) is 2.74. The largest absolute Gasteiger partial charge is 0.493 e. The molecule has 5 heteroatoms. The van der Waals surface area contributed by atoms with Crippen LogP contribution in [0.5, 0.6) is 11.6 Å². The van der Waals surface area contributed by atoms with Crippen molar-refractivity contribution in [3.05, 3.63) is 54.7 Å². The molecule has 5 nitrogen and oxygen atoms in total. The molecule has 0 saturated carbocycles. The Labute approximate surface area is 158 Å². The topological polar surface area (TPSA) is 49.8 Å². The molecular formula is C22H23NO4. The van der Waals surface area contributed by atoms with Crippen molar-refractivity contribution in [2.75, 3.05) is 26.9 Å². The van der Waals surface area contributed by atoms with Crippen LogP contribution in [-0.4, -0.2) is 38.2 Å². The normalized spacial score (nSPS) is 15.0. The van der Waals surface area contributed by atoms with Crippen LogP contribution in [-0.2, 0) is 9.47 Å². The molecule has 0 unspecified atom stereocenters. The highest BCUT2D eigenvalue weighted by Gasteiger charge is 2.14. The molecule has 4 rings (SSSR count). The summed E-state index contributed by atoms with van der Waals surface area (Å²) < 4.78 is 22.3. The van der Waals surface area contributed by atoms with E-state index in [1.54, 1.807) is 7.11 Å². The van der Waals surface area contributed by atoms with E-state index in [2.05, 4.69) is 29.2 Å². The highest BCUT2D eigenvalue weighted by molar-refractivity contribution is 5.97. The molecule has 1 fully saturated rings. The molecule has 0 N–H and O–H groups in total. The lowest BCUT2D eigenvalue weighted by Gasteiger charge is -2.23. The van der Waals surface area contributed by atoms with Crippen LogP contribution in [0.1, 0.15) is 12.8 Å². The van der Waals surface area contributed by atoms with Crippen LogP contribution in [0.25, 0.3) is 21.9 Å². The Bertz CT molecular complexity index is 888. The maximum absolute atomic E-state index is 6.02. The highest BCUT2D eigenvalue weighted by atomic mass is 16.7. The van der Waals surface area contributed by atoms with Crippen molar-refractivity contribution in [3.63, 3.8) is 0 Å². The Hall–Kier alpha value is -2.63. The zero-order valence-corrected chi connectivity index (χ0v) is 15.4. The Morgan fingerprint density at radius 3 is 2.70 bits per heavy atom. The third-order valence-electron chi connectivity index (χ3n) is 4.61. The van der Waals surface area contributed by atoms with Crippen LogP contribution < -0.4 is 9.47 Å². The van der Waals surface area contributed by atoms with Crippen LogP contribution in [0, 0.1) is 0 Å². The first-order valence-corrected chi connectivity index (χ1v) is 9.23. The monoisotopic (exact) mass is 365 g/mol. The van der Waals surface area contributed by atoms with Crippen LogP contribution in [0.2, 0.25) is 0 Å². The van der Waals surface area contributed by atoms with Crippen molar-refractivity contribution in [3.8, 4) is 22.8 Å². The fourth-order valence-corrected chi connectivity index (χ4v) is 3.24. The minimum Gasteiger partial charge on any atom is -0.493 e. The third-order valence-corrected chi connectivity index (χ3v) is 4.61. The first-order chi connectivity index (χ1) is 13.3. The molecule has 27 heavy (non-hydrogen) atoms. The zero-order valence-electron chi connectivity index (χ0n) is 15.4. The zero-order chi connectivity index (χ0) is 18.5. The van der Waals surface area contributed by atoms with Gasteiger partial charge in [-0.05, 0) is 41.0 Å². The number of fused-ring (bicyclic) bond motifs is 1. The Morgan fingerprint density at radius 2 is 1.93 bits per heavy atom. The summed E-state index contributed by atoms with van der Waals surface area (Å²) in [6, 6.07) is 16.3. The predicted octanol–water partition coefficient (Wildman–Crippen LogP) is 4.44. The molecule has 1 saturated heterocycles. The molecule has 3 aromatic rings. The number of hydrogen-bond acceptors (Lipinski definition) is 5. The molecule has 0 atom stereocenters. The van der Waals surface area contributed by atoms with Crippen molar-refractivity contribution < 1.29 is 18.9 Å². The first kappa shape index (κ1) is 17.8. The molecule has 0 spiro atoms. The molecule has 0 radical (unpaired) electrons. The van der Waals surface area contributed by atoms with Crippen molar-refractivity contribution in [2.45, 2.75) is 19.1 Å². The van der Waals surface area contributed by atoms with Crippen molar-refractivity contribution >= 4 is 10.8 Å². The molecule has 1 aromatic heterocycles. The Balaban J connectivity index is 1.57. The molecule has 2 heterocycles. The average molecular weight is 365 g/mol. The van der Waals surface area contributed by atoms with Crippen molar-refractivity contribution in [2.24, 2.45) is 0 Å². The number of hydrogen-bond donors (Lipinski definition) is 0. The van der Waals surface area contributed by atoms with Gasteiger partial charge in [0.15, 0.2) is 6.29 Å². The summed E-state index contributed by atoms with van der Waals surface area (Å²) in [5.74, 6) is 1.43. The minimum atomic E-state index is -0.163.